The van der Waals surface area contributed by atoms with Gasteiger partial charge in [0.25, 0.3) is 15.9 Å². The van der Waals surface area contributed by atoms with Crippen molar-refractivity contribution in [2.75, 3.05) is 10.9 Å². The molecule has 3 rings (SSSR count). The van der Waals surface area contributed by atoms with Gasteiger partial charge in [-0.1, -0.05) is 48.5 Å². The zero-order chi connectivity index (χ0) is 19.3. The largest absolute Gasteiger partial charge is 0.483 e. The molecule has 0 fully saturated rings. The average molecular weight is 446 g/mol. The lowest BCUT2D eigenvalue weighted by molar-refractivity contribution is -0.119. The van der Waals surface area contributed by atoms with Crippen LogP contribution in [0.4, 0.5) is 5.69 Å². The normalized spacial score (nSPS) is 11.0. The van der Waals surface area contributed by atoms with E-state index in [9.17, 15) is 13.2 Å². The number of ether oxygens (including phenoxy) is 1. The van der Waals surface area contributed by atoms with Gasteiger partial charge in [0.05, 0.1) is 15.1 Å². The fourth-order valence-corrected chi connectivity index (χ4v) is 4.27. The highest BCUT2D eigenvalue weighted by atomic mass is 79.9. The smallest absolute Gasteiger partial charge is 0.278 e. The van der Waals surface area contributed by atoms with E-state index in [1.54, 1.807) is 66.7 Å². The minimum Gasteiger partial charge on any atom is -0.483 e. The predicted octanol–water partition coefficient (Wildman–Crippen LogP) is 4.25. The van der Waals surface area contributed by atoms with Gasteiger partial charge in [-0.15, -0.1) is 0 Å². The maximum absolute atomic E-state index is 13.1. The van der Waals surface area contributed by atoms with E-state index < -0.39 is 22.5 Å². The van der Waals surface area contributed by atoms with Gasteiger partial charge in [0.15, 0.2) is 6.61 Å². The minimum atomic E-state index is -4.08. The molecule has 0 atom stereocenters. The Morgan fingerprint density at radius 2 is 1.41 bits per heavy atom. The first kappa shape index (κ1) is 19.1. The average Bonchev–Trinajstić information content (AvgIpc) is 2.69. The quantitative estimate of drug-likeness (QED) is 0.568. The number of amides is 1. The first-order chi connectivity index (χ1) is 13.0. The number of halogens is 1. The lowest BCUT2D eigenvalue weighted by Crippen LogP contribution is -2.40. The summed E-state index contributed by atoms with van der Waals surface area (Å²) in [5.41, 5.74) is 0.252. The molecule has 3 aromatic rings. The molecule has 3 aromatic carbocycles. The van der Waals surface area contributed by atoms with Crippen LogP contribution in [0.5, 0.6) is 5.75 Å². The van der Waals surface area contributed by atoms with E-state index in [0.717, 1.165) is 4.31 Å². The molecule has 0 aliphatic carbocycles. The van der Waals surface area contributed by atoms with E-state index in [-0.39, 0.29) is 10.6 Å². The van der Waals surface area contributed by atoms with Gasteiger partial charge in [0.2, 0.25) is 0 Å². The van der Waals surface area contributed by atoms with Gasteiger partial charge in [-0.3, -0.25) is 4.79 Å². The van der Waals surface area contributed by atoms with E-state index in [1.165, 1.54) is 12.1 Å². The predicted molar refractivity (Wildman–Crippen MR) is 107 cm³/mol. The van der Waals surface area contributed by atoms with Crippen molar-refractivity contribution in [2.45, 2.75) is 4.90 Å². The van der Waals surface area contributed by atoms with E-state index in [0.29, 0.717) is 10.2 Å². The summed E-state index contributed by atoms with van der Waals surface area (Å²) >= 11 is 3.34. The van der Waals surface area contributed by atoms with Crippen molar-refractivity contribution < 1.29 is 17.9 Å². The standard InChI is InChI=1S/C20H16BrNO4S/c21-18-13-7-8-14-19(18)26-15-20(23)22(16-9-3-1-4-10-16)27(24,25)17-11-5-2-6-12-17/h1-14H,15H2. The number of hydrogen-bond donors (Lipinski definition) is 0. The number of rotatable bonds is 6. The van der Waals surface area contributed by atoms with Gasteiger partial charge < -0.3 is 4.74 Å². The number of benzene rings is 3. The van der Waals surface area contributed by atoms with E-state index >= 15 is 0 Å². The Morgan fingerprint density at radius 1 is 0.852 bits per heavy atom. The molecule has 5 nitrogen and oxygen atoms in total. The van der Waals surface area contributed by atoms with Crippen LogP contribution in [0.2, 0.25) is 0 Å². The molecule has 0 unspecified atom stereocenters. The van der Waals surface area contributed by atoms with Crippen molar-refractivity contribution in [3.8, 4) is 5.75 Å². The topological polar surface area (TPSA) is 63.7 Å². The second-order valence-corrected chi connectivity index (χ2v) is 8.17. The third kappa shape index (κ3) is 4.37. The minimum absolute atomic E-state index is 0.0306. The van der Waals surface area contributed by atoms with E-state index in [2.05, 4.69) is 15.9 Å². The third-order valence-corrected chi connectivity index (χ3v) is 6.10. The van der Waals surface area contributed by atoms with Gasteiger partial charge in [0.1, 0.15) is 5.75 Å². The fourth-order valence-electron chi connectivity index (χ4n) is 2.44. The van der Waals surface area contributed by atoms with Crippen molar-refractivity contribution in [3.05, 3.63) is 89.4 Å². The van der Waals surface area contributed by atoms with Crippen molar-refractivity contribution in [1.82, 2.24) is 0 Å². The van der Waals surface area contributed by atoms with Crippen LogP contribution in [-0.4, -0.2) is 20.9 Å². The van der Waals surface area contributed by atoms with E-state index in [4.69, 9.17) is 4.74 Å². The fraction of sp³-hybridized carbons (Fsp3) is 0.0500. The highest BCUT2D eigenvalue weighted by Gasteiger charge is 2.31. The van der Waals surface area contributed by atoms with Crippen LogP contribution in [0.1, 0.15) is 0 Å². The first-order valence-electron chi connectivity index (χ1n) is 8.06. The Morgan fingerprint density at radius 3 is 2.04 bits per heavy atom. The SMILES string of the molecule is O=C(COc1ccccc1Br)N(c1ccccc1)S(=O)(=O)c1ccccc1. The molecule has 138 valence electrons. The van der Waals surface area contributed by atoms with Crippen LogP contribution >= 0.6 is 15.9 Å². The Hall–Kier alpha value is -2.64. The summed E-state index contributed by atoms with van der Waals surface area (Å²) in [6.45, 7) is -0.427. The summed E-state index contributed by atoms with van der Waals surface area (Å²) < 4.78 is 33.2. The van der Waals surface area contributed by atoms with Crippen LogP contribution in [-0.2, 0) is 14.8 Å². The molecule has 0 aromatic heterocycles. The lowest BCUT2D eigenvalue weighted by atomic mass is 10.3. The summed E-state index contributed by atoms with van der Waals surface area (Å²) in [5, 5.41) is 0. The van der Waals surface area contributed by atoms with Crippen molar-refractivity contribution in [1.29, 1.82) is 0 Å². The number of nitrogens with zero attached hydrogens (tertiary/aromatic N) is 1. The van der Waals surface area contributed by atoms with Crippen LogP contribution in [0.25, 0.3) is 0 Å². The van der Waals surface area contributed by atoms with Crippen LogP contribution in [0, 0.1) is 0 Å². The number of hydrogen-bond acceptors (Lipinski definition) is 4. The molecule has 0 saturated heterocycles. The Labute approximate surface area is 166 Å². The Bertz CT molecular complexity index is 1020. The second kappa shape index (κ2) is 8.37. The molecule has 0 spiro atoms. The van der Waals surface area contributed by atoms with Gasteiger partial charge in [-0.25, -0.2) is 8.42 Å². The monoisotopic (exact) mass is 445 g/mol. The summed E-state index contributed by atoms with van der Waals surface area (Å²) in [6, 6.07) is 23.1. The maximum atomic E-state index is 13.1. The number of anilines is 1. The number of carbonyl (C=O) groups excluding carboxylic acids is 1. The first-order valence-corrected chi connectivity index (χ1v) is 10.3. The van der Waals surface area contributed by atoms with Crippen molar-refractivity contribution in [2.24, 2.45) is 0 Å². The van der Waals surface area contributed by atoms with Crippen LogP contribution in [0.15, 0.2) is 94.3 Å². The lowest BCUT2D eigenvalue weighted by Gasteiger charge is -2.22. The Balaban J connectivity index is 1.93. The zero-order valence-corrected chi connectivity index (χ0v) is 16.6. The third-order valence-electron chi connectivity index (χ3n) is 3.69. The molecule has 7 heteroatoms. The van der Waals surface area contributed by atoms with Gasteiger partial charge >= 0.3 is 0 Å². The number of sulfonamides is 1. The highest BCUT2D eigenvalue weighted by molar-refractivity contribution is 9.10. The molecular formula is C20H16BrNO4S. The zero-order valence-electron chi connectivity index (χ0n) is 14.2. The van der Waals surface area contributed by atoms with Gasteiger partial charge in [-0.2, -0.15) is 4.31 Å². The number of para-hydroxylation sites is 2. The van der Waals surface area contributed by atoms with Gasteiger partial charge in [0, 0.05) is 0 Å². The molecule has 0 N–H and O–H groups in total. The molecule has 1 amide bonds. The summed E-state index contributed by atoms with van der Waals surface area (Å²) in [6.07, 6.45) is 0. The van der Waals surface area contributed by atoms with Crippen molar-refractivity contribution in [3.63, 3.8) is 0 Å². The molecule has 0 heterocycles. The Kier molecular flexibility index (Phi) is 5.93. The molecule has 0 saturated carbocycles. The molecule has 0 bridgehead atoms. The number of carbonyl (C=O) groups is 1. The molecule has 0 radical (unpaired) electrons. The molecule has 0 aliphatic rings. The highest BCUT2D eigenvalue weighted by Crippen LogP contribution is 2.26. The summed E-state index contributed by atoms with van der Waals surface area (Å²) in [7, 11) is -4.08. The summed E-state index contributed by atoms with van der Waals surface area (Å²) in [5.74, 6) is -0.239. The summed E-state index contributed by atoms with van der Waals surface area (Å²) in [4.78, 5) is 12.9. The second-order valence-electron chi connectivity index (χ2n) is 5.53. The molecule has 27 heavy (non-hydrogen) atoms. The van der Waals surface area contributed by atoms with Gasteiger partial charge in [-0.05, 0) is 52.3 Å². The van der Waals surface area contributed by atoms with Crippen molar-refractivity contribution >= 4 is 37.5 Å². The van der Waals surface area contributed by atoms with Crippen LogP contribution < -0.4 is 9.04 Å². The maximum Gasteiger partial charge on any atom is 0.278 e. The molecule has 0 aliphatic heterocycles. The van der Waals surface area contributed by atoms with E-state index in [1.807, 2.05) is 6.07 Å². The van der Waals surface area contributed by atoms with Crippen LogP contribution in [0.3, 0.4) is 0 Å². The molecular weight excluding hydrogens is 430 g/mol.